The zero-order valence-corrected chi connectivity index (χ0v) is 14.5. The van der Waals surface area contributed by atoms with Gasteiger partial charge in [0.25, 0.3) is 0 Å². The molecule has 6 heteroatoms. The van der Waals surface area contributed by atoms with E-state index in [9.17, 15) is 9.59 Å². The van der Waals surface area contributed by atoms with Crippen molar-refractivity contribution >= 4 is 44.3 Å². The molecule has 0 saturated heterocycles. The molecule has 0 aromatic heterocycles. The highest BCUT2D eigenvalue weighted by Crippen LogP contribution is 2.22. The van der Waals surface area contributed by atoms with Gasteiger partial charge in [-0.1, -0.05) is 56.1 Å². The highest BCUT2D eigenvalue weighted by molar-refractivity contribution is 9.10. The van der Waals surface area contributed by atoms with Gasteiger partial charge in [0.15, 0.2) is 0 Å². The summed E-state index contributed by atoms with van der Waals surface area (Å²) in [5.41, 5.74) is 1.35. The van der Waals surface area contributed by atoms with Crippen LogP contribution in [0.15, 0.2) is 57.5 Å². The van der Waals surface area contributed by atoms with Crippen molar-refractivity contribution in [2.45, 2.75) is 12.7 Å². The van der Waals surface area contributed by atoms with Gasteiger partial charge in [-0.05, 0) is 29.8 Å². The summed E-state index contributed by atoms with van der Waals surface area (Å²) in [6.45, 7) is 1.39. The van der Waals surface area contributed by atoms with Crippen molar-refractivity contribution in [3.05, 3.63) is 68.6 Å². The lowest BCUT2D eigenvalue weighted by Crippen LogP contribution is -2.18. The standard InChI is InChI=1S/C16H11Br2O4/c17-13-6-4-12(5-7-13)15(22-10-19)16(20)21-9-11-2-1-3-14(18)8-11/h1-8,15H,9H2. The summed E-state index contributed by atoms with van der Waals surface area (Å²) in [6.07, 6.45) is -1.13. The highest BCUT2D eigenvalue weighted by Gasteiger charge is 2.24. The van der Waals surface area contributed by atoms with E-state index in [-0.39, 0.29) is 6.61 Å². The number of esters is 1. The van der Waals surface area contributed by atoms with E-state index in [0.29, 0.717) is 5.56 Å². The quantitative estimate of drug-likeness (QED) is 0.653. The second kappa shape index (κ2) is 8.10. The van der Waals surface area contributed by atoms with Crippen LogP contribution in [0.5, 0.6) is 0 Å². The third-order valence-electron chi connectivity index (χ3n) is 2.82. The Morgan fingerprint density at radius 3 is 2.45 bits per heavy atom. The Morgan fingerprint density at radius 1 is 1.09 bits per heavy atom. The largest absolute Gasteiger partial charge is 0.458 e. The molecule has 0 N–H and O–H groups in total. The molecule has 22 heavy (non-hydrogen) atoms. The average molecular weight is 427 g/mol. The van der Waals surface area contributed by atoms with Crippen molar-refractivity contribution < 1.29 is 19.1 Å². The molecule has 1 unspecified atom stereocenters. The van der Waals surface area contributed by atoms with Crippen LogP contribution in [-0.4, -0.2) is 12.4 Å². The summed E-state index contributed by atoms with van der Waals surface area (Å²) in [6, 6.07) is 14.2. The van der Waals surface area contributed by atoms with Crippen molar-refractivity contribution in [3.8, 4) is 0 Å². The third kappa shape index (κ3) is 4.68. The molecule has 1 atom stereocenters. The minimum absolute atomic E-state index is 0.0908. The minimum atomic E-state index is -1.13. The number of benzene rings is 2. The van der Waals surface area contributed by atoms with Crippen LogP contribution in [0.4, 0.5) is 0 Å². The average Bonchev–Trinajstić information content (AvgIpc) is 2.51. The van der Waals surface area contributed by atoms with Crippen molar-refractivity contribution in [1.82, 2.24) is 0 Å². The Labute approximate surface area is 144 Å². The third-order valence-corrected chi connectivity index (χ3v) is 3.84. The van der Waals surface area contributed by atoms with E-state index >= 15 is 0 Å². The van der Waals surface area contributed by atoms with Gasteiger partial charge in [0.2, 0.25) is 6.10 Å². The molecule has 0 amide bonds. The van der Waals surface area contributed by atoms with E-state index in [1.165, 1.54) is 6.47 Å². The summed E-state index contributed by atoms with van der Waals surface area (Å²) in [5.74, 6) is -0.648. The molecule has 0 aliphatic carbocycles. The molecule has 0 aliphatic rings. The van der Waals surface area contributed by atoms with Crippen LogP contribution in [0.1, 0.15) is 17.2 Å². The zero-order chi connectivity index (χ0) is 15.9. The van der Waals surface area contributed by atoms with Gasteiger partial charge in [-0.15, -0.1) is 0 Å². The molecule has 0 aliphatic heterocycles. The number of carbonyl (C=O) groups is 1. The zero-order valence-electron chi connectivity index (χ0n) is 11.3. The lowest BCUT2D eigenvalue weighted by Gasteiger charge is -2.14. The summed E-state index contributed by atoms with van der Waals surface area (Å²) in [5, 5.41) is 0. The fraction of sp³-hybridized carbons (Fsp3) is 0.125. The molecule has 0 spiro atoms. The van der Waals surface area contributed by atoms with Crippen LogP contribution >= 0.6 is 31.9 Å². The number of carbonyl (C=O) groups excluding carboxylic acids is 2. The molecule has 2 aromatic rings. The molecule has 2 rings (SSSR count). The summed E-state index contributed by atoms with van der Waals surface area (Å²) >= 11 is 6.65. The van der Waals surface area contributed by atoms with Gasteiger partial charge < -0.3 is 9.47 Å². The highest BCUT2D eigenvalue weighted by atomic mass is 79.9. The molecule has 0 bridgehead atoms. The molecule has 0 saturated carbocycles. The Bertz CT molecular complexity index is 655. The van der Waals surface area contributed by atoms with Gasteiger partial charge in [-0.3, -0.25) is 0 Å². The SMILES string of the molecule is O=[C]OC(C(=O)OCc1cccc(Br)c1)c1ccc(Br)cc1. The normalized spacial score (nSPS) is 11.5. The van der Waals surface area contributed by atoms with Crippen LogP contribution in [0, 0.1) is 0 Å². The molecule has 4 nitrogen and oxygen atoms in total. The van der Waals surface area contributed by atoms with Crippen molar-refractivity contribution in [1.29, 1.82) is 0 Å². The Morgan fingerprint density at radius 2 is 1.82 bits per heavy atom. The number of hydrogen-bond acceptors (Lipinski definition) is 4. The van der Waals surface area contributed by atoms with Crippen molar-refractivity contribution in [2.75, 3.05) is 0 Å². The van der Waals surface area contributed by atoms with E-state index in [1.54, 1.807) is 24.3 Å². The Hall–Kier alpha value is -1.66. The van der Waals surface area contributed by atoms with Gasteiger partial charge >= 0.3 is 12.4 Å². The van der Waals surface area contributed by atoms with Gasteiger partial charge in [-0.25, -0.2) is 9.59 Å². The topological polar surface area (TPSA) is 52.6 Å². The van der Waals surface area contributed by atoms with E-state index in [2.05, 4.69) is 31.9 Å². The van der Waals surface area contributed by atoms with Gasteiger partial charge in [-0.2, -0.15) is 0 Å². The van der Waals surface area contributed by atoms with Crippen LogP contribution in [0.2, 0.25) is 0 Å². The second-order valence-electron chi connectivity index (χ2n) is 4.37. The molecular weight excluding hydrogens is 416 g/mol. The van der Waals surface area contributed by atoms with Crippen LogP contribution < -0.4 is 0 Å². The Kier molecular flexibility index (Phi) is 6.15. The van der Waals surface area contributed by atoms with E-state index in [4.69, 9.17) is 9.47 Å². The molecule has 113 valence electrons. The number of hydrogen-bond donors (Lipinski definition) is 0. The lowest BCUT2D eigenvalue weighted by molar-refractivity contribution is -0.154. The minimum Gasteiger partial charge on any atom is -0.458 e. The maximum absolute atomic E-state index is 12.1. The summed E-state index contributed by atoms with van der Waals surface area (Å²) in [4.78, 5) is 22.6. The second-order valence-corrected chi connectivity index (χ2v) is 6.20. The summed E-state index contributed by atoms with van der Waals surface area (Å²) < 4.78 is 11.7. The van der Waals surface area contributed by atoms with Gasteiger partial charge in [0, 0.05) is 14.5 Å². The molecule has 1 radical (unpaired) electrons. The monoisotopic (exact) mass is 425 g/mol. The maximum atomic E-state index is 12.1. The first-order chi connectivity index (χ1) is 10.6. The van der Waals surface area contributed by atoms with Crippen molar-refractivity contribution in [2.24, 2.45) is 0 Å². The first-order valence-corrected chi connectivity index (χ1v) is 7.88. The summed E-state index contributed by atoms with van der Waals surface area (Å²) in [7, 11) is 0. The van der Waals surface area contributed by atoms with Crippen LogP contribution in [0.25, 0.3) is 0 Å². The predicted molar refractivity (Wildman–Crippen MR) is 87.6 cm³/mol. The van der Waals surface area contributed by atoms with Gasteiger partial charge in [0.05, 0.1) is 0 Å². The number of halogens is 2. The fourth-order valence-electron chi connectivity index (χ4n) is 1.79. The van der Waals surface area contributed by atoms with Crippen molar-refractivity contribution in [3.63, 3.8) is 0 Å². The van der Waals surface area contributed by atoms with E-state index in [0.717, 1.165) is 14.5 Å². The lowest BCUT2D eigenvalue weighted by atomic mass is 10.1. The molecular formula is C16H11Br2O4. The Balaban J connectivity index is 2.06. The van der Waals surface area contributed by atoms with Crippen LogP contribution in [-0.2, 0) is 25.7 Å². The molecule has 0 heterocycles. The smallest absolute Gasteiger partial charge is 0.418 e. The van der Waals surface area contributed by atoms with Crippen LogP contribution in [0.3, 0.4) is 0 Å². The van der Waals surface area contributed by atoms with Gasteiger partial charge in [0.1, 0.15) is 6.61 Å². The molecule has 2 aromatic carbocycles. The molecule has 0 fully saturated rings. The first-order valence-electron chi connectivity index (χ1n) is 6.29. The van der Waals surface area contributed by atoms with E-state index < -0.39 is 12.1 Å². The predicted octanol–water partition coefficient (Wildman–Crippen LogP) is 4.08. The first kappa shape index (κ1) is 16.7. The van der Waals surface area contributed by atoms with E-state index in [1.807, 2.05) is 24.3 Å². The fourth-order valence-corrected chi connectivity index (χ4v) is 2.51. The number of ether oxygens (including phenoxy) is 2. The maximum Gasteiger partial charge on any atom is 0.418 e. The number of rotatable bonds is 6.